The quantitative estimate of drug-likeness (QED) is 0.0516. The first kappa shape index (κ1) is 48.7. The Hall–Kier alpha value is -2.28. The van der Waals surface area contributed by atoms with E-state index in [0.717, 1.165) is 32.2 Å². The molecular formula is C41H78N4O8. The summed E-state index contributed by atoms with van der Waals surface area (Å²) in [5.41, 5.74) is 5.66. The van der Waals surface area contributed by atoms with E-state index in [1.54, 1.807) is 0 Å². The van der Waals surface area contributed by atoms with E-state index < -0.39 is 12.0 Å². The molecule has 0 aromatic heterocycles. The van der Waals surface area contributed by atoms with Gasteiger partial charge in [0.15, 0.2) is 0 Å². The zero-order valence-electron chi connectivity index (χ0n) is 33.5. The van der Waals surface area contributed by atoms with Crippen LogP contribution in [0, 0.1) is 5.92 Å². The minimum Gasteiger partial charge on any atom is -0.481 e. The Kier molecular flexibility index (Phi) is 32.6. The maximum absolute atomic E-state index is 12.8. The molecule has 1 rings (SSSR count). The predicted octanol–water partition coefficient (Wildman–Crippen LogP) is 6.52. The standard InChI is InChI=1S/C41H78N4O8/c1-2-3-4-5-6-7-8-9-10-11-12-13-14-15-16-17-18-23-38(46)45-28-19-22-36(35-45)40(49)43-26-20-29-51-31-33-53-34-32-52-30-21-27-44-41(50)37(42)24-25-39(47)48/h36-37H,2-35,42H2,1H3,(H,43,49)(H,44,50)(H,47,48). The van der Waals surface area contributed by atoms with E-state index in [2.05, 4.69) is 17.6 Å². The van der Waals surface area contributed by atoms with Crippen LogP contribution in [-0.2, 0) is 33.4 Å². The summed E-state index contributed by atoms with van der Waals surface area (Å²) in [6.07, 6.45) is 26.2. The number of hydrogen-bond acceptors (Lipinski definition) is 8. The monoisotopic (exact) mass is 755 g/mol. The van der Waals surface area contributed by atoms with Gasteiger partial charge in [-0.15, -0.1) is 0 Å². The van der Waals surface area contributed by atoms with Crippen LogP contribution in [0.2, 0.25) is 0 Å². The molecule has 1 aliphatic heterocycles. The summed E-state index contributed by atoms with van der Waals surface area (Å²) in [7, 11) is 0. The van der Waals surface area contributed by atoms with Gasteiger partial charge in [0.25, 0.3) is 0 Å². The van der Waals surface area contributed by atoms with Crippen molar-refractivity contribution in [1.29, 1.82) is 0 Å². The third-order valence-electron chi connectivity index (χ3n) is 9.92. The van der Waals surface area contributed by atoms with Crippen molar-refractivity contribution in [2.24, 2.45) is 11.7 Å². The molecule has 3 amide bonds. The zero-order valence-corrected chi connectivity index (χ0v) is 33.5. The van der Waals surface area contributed by atoms with E-state index in [1.165, 1.54) is 96.3 Å². The molecule has 5 N–H and O–H groups in total. The van der Waals surface area contributed by atoms with Crippen LogP contribution < -0.4 is 16.4 Å². The van der Waals surface area contributed by atoms with Gasteiger partial charge < -0.3 is 40.6 Å². The highest BCUT2D eigenvalue weighted by Gasteiger charge is 2.27. The Morgan fingerprint density at radius 2 is 1.13 bits per heavy atom. The lowest BCUT2D eigenvalue weighted by atomic mass is 9.96. The third kappa shape index (κ3) is 29.7. The number of piperidine rings is 1. The number of amides is 3. The fourth-order valence-electron chi connectivity index (χ4n) is 6.58. The molecule has 53 heavy (non-hydrogen) atoms. The highest BCUT2D eigenvalue weighted by molar-refractivity contribution is 5.82. The number of nitrogens with zero attached hydrogens (tertiary/aromatic N) is 1. The molecule has 310 valence electrons. The second kappa shape index (κ2) is 35.4. The van der Waals surface area contributed by atoms with Crippen molar-refractivity contribution in [1.82, 2.24) is 15.5 Å². The number of hydrogen-bond donors (Lipinski definition) is 4. The van der Waals surface area contributed by atoms with Crippen LogP contribution in [0.5, 0.6) is 0 Å². The number of carbonyl (C=O) groups is 4. The summed E-state index contributed by atoms with van der Waals surface area (Å²) in [5.74, 6) is -1.23. The average Bonchev–Trinajstić information content (AvgIpc) is 3.16. The van der Waals surface area contributed by atoms with Crippen LogP contribution in [0.3, 0.4) is 0 Å². The number of aliphatic carboxylic acids is 1. The summed E-state index contributed by atoms with van der Waals surface area (Å²) in [5, 5.41) is 14.3. The molecule has 12 nitrogen and oxygen atoms in total. The first-order chi connectivity index (χ1) is 25.8. The molecule has 2 unspecified atom stereocenters. The number of nitrogens with two attached hydrogens (primary N) is 1. The number of rotatable bonds is 37. The first-order valence-corrected chi connectivity index (χ1v) is 21.4. The lowest BCUT2D eigenvalue weighted by Gasteiger charge is -2.32. The van der Waals surface area contributed by atoms with Crippen molar-refractivity contribution < 1.29 is 38.5 Å². The van der Waals surface area contributed by atoms with Gasteiger partial charge >= 0.3 is 5.97 Å². The van der Waals surface area contributed by atoms with Crippen molar-refractivity contribution >= 4 is 23.7 Å². The van der Waals surface area contributed by atoms with Gasteiger partial charge in [0, 0.05) is 52.2 Å². The number of ether oxygens (including phenoxy) is 3. The zero-order chi connectivity index (χ0) is 38.6. The molecule has 1 aliphatic rings. The van der Waals surface area contributed by atoms with Crippen LogP contribution in [0.1, 0.15) is 161 Å². The third-order valence-corrected chi connectivity index (χ3v) is 9.92. The van der Waals surface area contributed by atoms with Crippen molar-refractivity contribution in [2.45, 2.75) is 167 Å². The van der Waals surface area contributed by atoms with Crippen molar-refractivity contribution in [2.75, 3.05) is 65.8 Å². The maximum atomic E-state index is 12.8. The molecule has 0 radical (unpaired) electrons. The molecule has 1 fully saturated rings. The summed E-state index contributed by atoms with van der Waals surface area (Å²) in [6, 6.07) is -0.819. The van der Waals surface area contributed by atoms with Gasteiger partial charge in [0.2, 0.25) is 17.7 Å². The largest absolute Gasteiger partial charge is 0.481 e. The summed E-state index contributed by atoms with van der Waals surface area (Å²) in [6.45, 7) is 7.30. The van der Waals surface area contributed by atoms with Crippen LogP contribution in [-0.4, -0.2) is 106 Å². The van der Waals surface area contributed by atoms with Crippen LogP contribution in [0.4, 0.5) is 0 Å². The van der Waals surface area contributed by atoms with Crippen LogP contribution in [0.15, 0.2) is 0 Å². The number of carboxylic acids is 1. The Labute approximate surface area is 321 Å². The lowest BCUT2D eigenvalue weighted by molar-refractivity contribution is -0.138. The van der Waals surface area contributed by atoms with Gasteiger partial charge in [-0.2, -0.15) is 0 Å². The lowest BCUT2D eigenvalue weighted by Crippen LogP contribution is -2.45. The summed E-state index contributed by atoms with van der Waals surface area (Å²) in [4.78, 5) is 49.8. The van der Waals surface area contributed by atoms with Gasteiger partial charge in [-0.05, 0) is 38.5 Å². The molecule has 0 aliphatic carbocycles. The minimum atomic E-state index is -0.973. The van der Waals surface area contributed by atoms with E-state index in [9.17, 15) is 19.2 Å². The Morgan fingerprint density at radius 1 is 0.660 bits per heavy atom. The van der Waals surface area contributed by atoms with E-state index in [4.69, 9.17) is 25.1 Å². The van der Waals surface area contributed by atoms with E-state index in [1.807, 2.05) is 4.90 Å². The van der Waals surface area contributed by atoms with Gasteiger partial charge in [-0.1, -0.05) is 110 Å². The average molecular weight is 755 g/mol. The fraction of sp³-hybridized carbons (Fsp3) is 0.902. The van der Waals surface area contributed by atoms with Gasteiger partial charge in [-0.25, -0.2) is 0 Å². The number of carboxylic acid groups (broad SMARTS) is 1. The maximum Gasteiger partial charge on any atom is 0.303 e. The second-order valence-corrected chi connectivity index (χ2v) is 14.8. The summed E-state index contributed by atoms with van der Waals surface area (Å²) < 4.78 is 16.6. The molecule has 2 atom stereocenters. The van der Waals surface area contributed by atoms with Crippen molar-refractivity contribution in [3.05, 3.63) is 0 Å². The molecule has 0 aromatic rings. The van der Waals surface area contributed by atoms with Crippen molar-refractivity contribution in [3.63, 3.8) is 0 Å². The number of likely N-dealkylation sites (tertiary alicyclic amines) is 1. The van der Waals surface area contributed by atoms with Gasteiger partial charge in [-0.3, -0.25) is 19.2 Å². The molecule has 0 spiro atoms. The number of nitrogens with one attached hydrogen (secondary N) is 2. The summed E-state index contributed by atoms with van der Waals surface area (Å²) >= 11 is 0. The Morgan fingerprint density at radius 3 is 1.64 bits per heavy atom. The Balaban J connectivity index is 1.90. The van der Waals surface area contributed by atoms with E-state index >= 15 is 0 Å². The molecule has 1 saturated heterocycles. The SMILES string of the molecule is CCCCCCCCCCCCCCCCCCCC(=O)N1CCCC(C(=O)NCCCOCCOCCOCCCNC(=O)C(N)CCC(=O)O)C1. The van der Waals surface area contributed by atoms with Gasteiger partial charge in [0.1, 0.15) is 0 Å². The highest BCUT2D eigenvalue weighted by Crippen LogP contribution is 2.19. The Bertz CT molecular complexity index is 924. The smallest absolute Gasteiger partial charge is 0.303 e. The van der Waals surface area contributed by atoms with Crippen molar-refractivity contribution in [3.8, 4) is 0 Å². The molecule has 12 heteroatoms. The van der Waals surface area contributed by atoms with E-state index in [-0.39, 0.29) is 36.5 Å². The molecule has 0 bridgehead atoms. The van der Waals surface area contributed by atoms with E-state index in [0.29, 0.717) is 78.5 Å². The van der Waals surface area contributed by atoms with Gasteiger partial charge in [0.05, 0.1) is 38.4 Å². The molecule has 0 saturated carbocycles. The predicted molar refractivity (Wildman–Crippen MR) is 211 cm³/mol. The highest BCUT2D eigenvalue weighted by atomic mass is 16.5. The molecular weight excluding hydrogens is 676 g/mol. The van der Waals surface area contributed by atoms with Crippen LogP contribution >= 0.6 is 0 Å². The normalized spacial score (nSPS) is 15.0. The molecule has 1 heterocycles. The second-order valence-electron chi connectivity index (χ2n) is 14.8. The minimum absolute atomic E-state index is 0.0327. The van der Waals surface area contributed by atoms with Crippen LogP contribution in [0.25, 0.3) is 0 Å². The number of carbonyl (C=O) groups excluding carboxylic acids is 3. The first-order valence-electron chi connectivity index (χ1n) is 21.4. The molecule has 0 aromatic carbocycles. The number of unbranched alkanes of at least 4 members (excludes halogenated alkanes) is 16. The fourth-order valence-corrected chi connectivity index (χ4v) is 6.58. The topological polar surface area (TPSA) is 170 Å².